The van der Waals surface area contributed by atoms with E-state index in [2.05, 4.69) is 5.32 Å². The van der Waals surface area contributed by atoms with Gasteiger partial charge in [0.25, 0.3) is 11.8 Å². The van der Waals surface area contributed by atoms with Crippen LogP contribution >= 0.6 is 24.0 Å². The molecule has 2 aliphatic rings. The molecule has 0 aliphatic carbocycles. The summed E-state index contributed by atoms with van der Waals surface area (Å²) in [6.45, 7) is 0.487. The first-order valence-electron chi connectivity index (χ1n) is 9.54. The first-order valence-corrected chi connectivity index (χ1v) is 10.8. The minimum absolute atomic E-state index is 0.168. The SMILES string of the molecule is COCCN1C(=O)/C(=C2\C(=O)N(CC(=O)Nc3ccccc3)c3ccccc32)SC1=S. The van der Waals surface area contributed by atoms with E-state index in [4.69, 9.17) is 17.0 Å². The van der Waals surface area contributed by atoms with E-state index >= 15 is 0 Å². The topological polar surface area (TPSA) is 79.0 Å². The lowest BCUT2D eigenvalue weighted by Gasteiger charge is -2.16. The molecule has 7 nitrogen and oxygen atoms in total. The van der Waals surface area contributed by atoms with Gasteiger partial charge in [0.15, 0.2) is 0 Å². The number of nitrogens with zero attached hydrogens (tertiary/aromatic N) is 2. The van der Waals surface area contributed by atoms with Gasteiger partial charge < -0.3 is 10.1 Å². The monoisotopic (exact) mass is 453 g/mol. The number of rotatable bonds is 6. The van der Waals surface area contributed by atoms with Crippen LogP contribution in [0.15, 0.2) is 59.5 Å². The molecule has 0 aromatic heterocycles. The van der Waals surface area contributed by atoms with Crippen molar-refractivity contribution >= 4 is 63.0 Å². The number of carbonyl (C=O) groups is 3. The Bertz CT molecular complexity index is 1100. The molecule has 31 heavy (non-hydrogen) atoms. The second kappa shape index (κ2) is 9.01. The van der Waals surface area contributed by atoms with Crippen molar-refractivity contribution in [3.63, 3.8) is 0 Å². The van der Waals surface area contributed by atoms with Gasteiger partial charge in [-0.05, 0) is 18.2 Å². The van der Waals surface area contributed by atoms with Crippen LogP contribution in [0, 0.1) is 0 Å². The van der Waals surface area contributed by atoms with Crippen LogP contribution in [0.4, 0.5) is 11.4 Å². The van der Waals surface area contributed by atoms with Crippen molar-refractivity contribution in [2.75, 3.05) is 37.0 Å². The number of ether oxygens (including phenoxy) is 1. The molecule has 2 heterocycles. The van der Waals surface area contributed by atoms with Crippen molar-refractivity contribution in [1.29, 1.82) is 0 Å². The summed E-state index contributed by atoms with van der Waals surface area (Å²) in [5, 5.41) is 2.79. The normalized spacial score (nSPS) is 18.0. The van der Waals surface area contributed by atoms with Gasteiger partial charge in [0.05, 0.1) is 29.3 Å². The number of anilines is 2. The van der Waals surface area contributed by atoms with Crippen LogP contribution in [-0.2, 0) is 19.1 Å². The fraction of sp³-hybridized carbons (Fsp3) is 0.182. The smallest absolute Gasteiger partial charge is 0.267 e. The van der Waals surface area contributed by atoms with Gasteiger partial charge in [0.1, 0.15) is 10.9 Å². The maximum atomic E-state index is 13.3. The van der Waals surface area contributed by atoms with Crippen molar-refractivity contribution in [3.05, 3.63) is 65.1 Å². The van der Waals surface area contributed by atoms with Gasteiger partial charge in [0.2, 0.25) is 5.91 Å². The van der Waals surface area contributed by atoms with Crippen molar-refractivity contribution in [3.8, 4) is 0 Å². The molecule has 4 rings (SSSR count). The second-order valence-electron chi connectivity index (χ2n) is 6.84. The molecule has 1 fully saturated rings. The molecule has 2 aliphatic heterocycles. The molecule has 158 valence electrons. The summed E-state index contributed by atoms with van der Waals surface area (Å²) in [6.07, 6.45) is 0. The number of methoxy groups -OCH3 is 1. The Labute approximate surface area is 189 Å². The number of benzene rings is 2. The Hall–Kier alpha value is -3.01. The van der Waals surface area contributed by atoms with Crippen molar-refractivity contribution in [2.45, 2.75) is 0 Å². The molecular weight excluding hydrogens is 434 g/mol. The molecule has 9 heteroatoms. The third-order valence-electron chi connectivity index (χ3n) is 4.88. The van der Waals surface area contributed by atoms with E-state index in [9.17, 15) is 14.4 Å². The van der Waals surface area contributed by atoms with E-state index in [0.717, 1.165) is 11.8 Å². The molecule has 3 amide bonds. The summed E-state index contributed by atoms with van der Waals surface area (Å²) >= 11 is 6.45. The third kappa shape index (κ3) is 4.12. The number of carbonyl (C=O) groups excluding carboxylic acids is 3. The zero-order valence-electron chi connectivity index (χ0n) is 16.7. The number of thiocarbonyl (C=S) groups is 1. The lowest BCUT2D eigenvalue weighted by atomic mass is 10.1. The highest BCUT2D eigenvalue weighted by Crippen LogP contribution is 2.44. The minimum atomic E-state index is -0.392. The Morgan fingerprint density at radius 1 is 1.03 bits per heavy atom. The molecule has 0 saturated carbocycles. The van der Waals surface area contributed by atoms with E-state index in [1.807, 2.05) is 18.2 Å². The number of amides is 3. The summed E-state index contributed by atoms with van der Waals surface area (Å²) in [5.74, 6) is -1.04. The summed E-state index contributed by atoms with van der Waals surface area (Å²) in [6, 6.07) is 16.2. The number of thioether (sulfide) groups is 1. The number of nitrogens with one attached hydrogen (secondary N) is 1. The Morgan fingerprint density at radius 2 is 1.74 bits per heavy atom. The molecule has 2 aromatic carbocycles. The van der Waals surface area contributed by atoms with Crippen LogP contribution in [-0.4, -0.2) is 53.7 Å². The van der Waals surface area contributed by atoms with Crippen molar-refractivity contribution in [2.24, 2.45) is 0 Å². The number of hydrogen-bond acceptors (Lipinski definition) is 6. The zero-order chi connectivity index (χ0) is 22.0. The minimum Gasteiger partial charge on any atom is -0.383 e. The molecule has 2 aromatic rings. The van der Waals surface area contributed by atoms with Crippen LogP contribution in [0.2, 0.25) is 0 Å². The Kier molecular flexibility index (Phi) is 6.17. The summed E-state index contributed by atoms with van der Waals surface area (Å²) in [4.78, 5) is 42.0. The first kappa shape index (κ1) is 21.2. The number of hydrogen-bond donors (Lipinski definition) is 1. The van der Waals surface area contributed by atoms with E-state index in [0.29, 0.717) is 34.4 Å². The predicted octanol–water partition coefficient (Wildman–Crippen LogP) is 2.89. The highest BCUT2D eigenvalue weighted by molar-refractivity contribution is 8.26. The van der Waals surface area contributed by atoms with Gasteiger partial charge in [-0.15, -0.1) is 0 Å². The second-order valence-corrected chi connectivity index (χ2v) is 8.49. The van der Waals surface area contributed by atoms with Crippen molar-refractivity contribution in [1.82, 2.24) is 4.90 Å². The van der Waals surface area contributed by atoms with E-state index < -0.39 is 5.91 Å². The molecular formula is C22H19N3O4S2. The van der Waals surface area contributed by atoms with Gasteiger partial charge in [-0.2, -0.15) is 0 Å². The number of para-hydroxylation sites is 2. The third-order valence-corrected chi connectivity index (χ3v) is 6.33. The summed E-state index contributed by atoms with van der Waals surface area (Å²) < 4.78 is 5.43. The van der Waals surface area contributed by atoms with E-state index in [-0.39, 0.29) is 28.8 Å². The molecule has 0 spiro atoms. The van der Waals surface area contributed by atoms with Gasteiger partial charge >= 0.3 is 0 Å². The molecule has 1 saturated heterocycles. The molecule has 0 bridgehead atoms. The summed E-state index contributed by atoms with van der Waals surface area (Å²) in [7, 11) is 1.55. The highest BCUT2D eigenvalue weighted by Gasteiger charge is 2.42. The molecule has 0 unspecified atom stereocenters. The van der Waals surface area contributed by atoms with Crippen LogP contribution in [0.25, 0.3) is 5.57 Å². The molecule has 0 radical (unpaired) electrons. The van der Waals surface area contributed by atoms with Gasteiger partial charge in [0, 0.05) is 18.4 Å². The average molecular weight is 454 g/mol. The largest absolute Gasteiger partial charge is 0.383 e. The summed E-state index contributed by atoms with van der Waals surface area (Å²) in [5.41, 5.74) is 2.13. The van der Waals surface area contributed by atoms with Crippen molar-refractivity contribution < 1.29 is 19.1 Å². The van der Waals surface area contributed by atoms with Crippen LogP contribution in [0.3, 0.4) is 0 Å². The standard InChI is InChI=1S/C22H19N3O4S2/c1-29-12-11-24-21(28)19(31-22(24)30)18-15-9-5-6-10-16(15)25(20(18)27)13-17(26)23-14-7-3-2-4-8-14/h2-10H,11-13H2,1H3,(H,23,26)/b19-18+. The van der Waals surface area contributed by atoms with Gasteiger partial charge in [-0.3, -0.25) is 24.2 Å². The maximum absolute atomic E-state index is 13.3. The lowest BCUT2D eigenvalue weighted by Crippen LogP contribution is -2.35. The zero-order valence-corrected chi connectivity index (χ0v) is 18.3. The van der Waals surface area contributed by atoms with Crippen LogP contribution < -0.4 is 10.2 Å². The fourth-order valence-corrected chi connectivity index (χ4v) is 4.83. The molecule has 1 N–H and O–H groups in total. The van der Waals surface area contributed by atoms with Crippen LogP contribution in [0.1, 0.15) is 5.56 Å². The highest BCUT2D eigenvalue weighted by atomic mass is 32.2. The first-order chi connectivity index (χ1) is 15.0. The van der Waals surface area contributed by atoms with E-state index in [1.165, 1.54) is 9.80 Å². The molecule has 0 atom stereocenters. The van der Waals surface area contributed by atoms with Gasteiger partial charge in [-0.25, -0.2) is 0 Å². The van der Waals surface area contributed by atoms with Gasteiger partial charge in [-0.1, -0.05) is 60.4 Å². The Morgan fingerprint density at radius 3 is 2.48 bits per heavy atom. The lowest BCUT2D eigenvalue weighted by molar-refractivity contribution is -0.122. The predicted molar refractivity (Wildman–Crippen MR) is 125 cm³/mol. The van der Waals surface area contributed by atoms with Crippen LogP contribution in [0.5, 0.6) is 0 Å². The fourth-order valence-electron chi connectivity index (χ4n) is 3.45. The van der Waals surface area contributed by atoms with E-state index in [1.54, 1.807) is 43.5 Å². The quantitative estimate of drug-likeness (QED) is 0.535. The maximum Gasteiger partial charge on any atom is 0.267 e. The average Bonchev–Trinajstić information content (AvgIpc) is 3.20. The number of fused-ring (bicyclic) bond motifs is 1. The Balaban J connectivity index is 1.64.